The lowest BCUT2D eigenvalue weighted by Crippen LogP contribution is -2.15. The van der Waals surface area contributed by atoms with Crippen molar-refractivity contribution in [1.29, 1.82) is 5.26 Å². The fourth-order valence-electron chi connectivity index (χ4n) is 2.37. The molecule has 10 nitrogen and oxygen atoms in total. The van der Waals surface area contributed by atoms with E-state index in [1.165, 1.54) is 19.2 Å². The number of nitro groups is 1. The monoisotopic (exact) mass is 401 g/mol. The second-order valence-electron chi connectivity index (χ2n) is 5.30. The van der Waals surface area contributed by atoms with Crippen molar-refractivity contribution in [1.82, 2.24) is 0 Å². The summed E-state index contributed by atoms with van der Waals surface area (Å²) in [7, 11) is 1.20. The molecular formula is C17H11N3O7S. The van der Waals surface area contributed by atoms with Crippen molar-refractivity contribution in [3.8, 4) is 17.6 Å². The number of fused-ring (bicyclic) bond motifs is 1. The first kappa shape index (κ1) is 18.9. The van der Waals surface area contributed by atoms with Crippen LogP contribution in [-0.2, 0) is 9.53 Å². The SMILES string of the molecule is COC(=O)c1ccsc1NC(=O)C(C#N)=Cc1cc2c(cc1[N+](=O)[O-])OCO2. The minimum Gasteiger partial charge on any atom is -0.465 e. The number of benzene rings is 1. The van der Waals surface area contributed by atoms with E-state index >= 15 is 0 Å². The largest absolute Gasteiger partial charge is 0.465 e. The number of esters is 1. The number of hydrogen-bond donors (Lipinski definition) is 1. The molecule has 1 aliphatic rings. The van der Waals surface area contributed by atoms with Crippen molar-refractivity contribution in [3.05, 3.63) is 50.4 Å². The molecule has 142 valence electrons. The Hall–Kier alpha value is -3.91. The zero-order valence-corrected chi connectivity index (χ0v) is 15.1. The molecule has 1 amide bonds. The van der Waals surface area contributed by atoms with Crippen LogP contribution in [-0.4, -0.2) is 30.7 Å². The van der Waals surface area contributed by atoms with Gasteiger partial charge in [0.1, 0.15) is 16.6 Å². The molecule has 11 heteroatoms. The van der Waals surface area contributed by atoms with E-state index in [1.54, 1.807) is 11.4 Å². The van der Waals surface area contributed by atoms with Crippen LogP contribution < -0.4 is 14.8 Å². The molecule has 1 aliphatic heterocycles. The van der Waals surface area contributed by atoms with Crippen LogP contribution in [0.3, 0.4) is 0 Å². The zero-order chi connectivity index (χ0) is 20.3. The molecule has 2 aromatic rings. The van der Waals surface area contributed by atoms with Gasteiger partial charge in [0.2, 0.25) is 6.79 Å². The number of nitrogens with one attached hydrogen (secondary N) is 1. The summed E-state index contributed by atoms with van der Waals surface area (Å²) in [4.78, 5) is 34.8. The lowest BCUT2D eigenvalue weighted by atomic mass is 10.1. The second-order valence-corrected chi connectivity index (χ2v) is 6.22. The van der Waals surface area contributed by atoms with Gasteiger partial charge < -0.3 is 19.5 Å². The fraction of sp³-hybridized carbons (Fsp3) is 0.118. The van der Waals surface area contributed by atoms with Gasteiger partial charge in [-0.1, -0.05) is 0 Å². The van der Waals surface area contributed by atoms with Gasteiger partial charge in [-0.3, -0.25) is 14.9 Å². The third kappa shape index (κ3) is 3.62. The van der Waals surface area contributed by atoms with Gasteiger partial charge in [0.05, 0.1) is 29.2 Å². The first-order valence-corrected chi connectivity index (χ1v) is 8.49. The number of methoxy groups -OCH3 is 1. The Morgan fingerprint density at radius 2 is 2.11 bits per heavy atom. The number of rotatable bonds is 5. The van der Waals surface area contributed by atoms with E-state index in [2.05, 4.69) is 10.1 Å². The van der Waals surface area contributed by atoms with Gasteiger partial charge in [-0.2, -0.15) is 5.26 Å². The highest BCUT2D eigenvalue weighted by atomic mass is 32.1. The number of nitrogens with zero attached hydrogens (tertiary/aromatic N) is 2. The van der Waals surface area contributed by atoms with Gasteiger partial charge in [-0.05, 0) is 23.6 Å². The lowest BCUT2D eigenvalue weighted by Gasteiger charge is -2.05. The van der Waals surface area contributed by atoms with Gasteiger partial charge in [0.25, 0.3) is 11.6 Å². The molecule has 0 saturated heterocycles. The predicted molar refractivity (Wildman–Crippen MR) is 97.1 cm³/mol. The van der Waals surface area contributed by atoms with Gasteiger partial charge in [-0.15, -0.1) is 11.3 Å². The quantitative estimate of drug-likeness (QED) is 0.265. The second kappa shape index (κ2) is 7.77. The number of amides is 1. The summed E-state index contributed by atoms with van der Waals surface area (Å²) < 4.78 is 14.9. The van der Waals surface area contributed by atoms with Gasteiger partial charge in [0.15, 0.2) is 11.5 Å². The number of nitro benzene ring substituents is 1. The van der Waals surface area contributed by atoms with Crippen molar-refractivity contribution in [2.75, 3.05) is 19.2 Å². The van der Waals surface area contributed by atoms with Crippen LogP contribution in [0, 0.1) is 21.4 Å². The summed E-state index contributed by atoms with van der Waals surface area (Å²) in [6, 6.07) is 5.64. The summed E-state index contributed by atoms with van der Waals surface area (Å²) >= 11 is 1.07. The fourth-order valence-corrected chi connectivity index (χ4v) is 3.14. The third-order valence-corrected chi connectivity index (χ3v) is 4.51. The average molecular weight is 401 g/mol. The van der Waals surface area contributed by atoms with E-state index in [1.807, 2.05) is 0 Å². The Morgan fingerprint density at radius 1 is 1.39 bits per heavy atom. The molecule has 0 spiro atoms. The smallest absolute Gasteiger partial charge is 0.340 e. The van der Waals surface area contributed by atoms with Crippen LogP contribution in [0.1, 0.15) is 15.9 Å². The van der Waals surface area contributed by atoms with Crippen LogP contribution in [0.25, 0.3) is 6.08 Å². The molecule has 0 atom stereocenters. The molecule has 0 fully saturated rings. The molecule has 0 aliphatic carbocycles. The van der Waals surface area contributed by atoms with Crippen LogP contribution in [0.15, 0.2) is 29.2 Å². The van der Waals surface area contributed by atoms with Crippen molar-refractivity contribution >= 4 is 40.0 Å². The number of ether oxygens (including phenoxy) is 3. The summed E-state index contributed by atoms with van der Waals surface area (Å²) in [6.45, 7) is -0.0834. The molecule has 0 unspecified atom stereocenters. The minimum absolute atomic E-state index is 0.000297. The highest BCUT2D eigenvalue weighted by molar-refractivity contribution is 7.14. The van der Waals surface area contributed by atoms with E-state index in [0.29, 0.717) is 0 Å². The molecule has 0 radical (unpaired) electrons. The van der Waals surface area contributed by atoms with Crippen LogP contribution >= 0.6 is 11.3 Å². The minimum atomic E-state index is -0.831. The van der Waals surface area contributed by atoms with E-state index in [0.717, 1.165) is 23.5 Å². The van der Waals surface area contributed by atoms with Crippen LogP contribution in [0.5, 0.6) is 11.5 Å². The van der Waals surface area contributed by atoms with Crippen LogP contribution in [0.4, 0.5) is 10.7 Å². The summed E-state index contributed by atoms with van der Waals surface area (Å²) in [5, 5.41) is 24.9. The molecular weight excluding hydrogens is 390 g/mol. The van der Waals surface area contributed by atoms with Crippen molar-refractivity contribution in [2.24, 2.45) is 0 Å². The van der Waals surface area contributed by atoms with Crippen molar-refractivity contribution in [3.63, 3.8) is 0 Å². The maximum absolute atomic E-state index is 12.5. The van der Waals surface area contributed by atoms with Gasteiger partial charge in [0, 0.05) is 0 Å². The average Bonchev–Trinajstić information content (AvgIpc) is 3.33. The summed E-state index contributed by atoms with van der Waals surface area (Å²) in [6.07, 6.45) is 1.07. The highest BCUT2D eigenvalue weighted by Gasteiger charge is 2.24. The molecule has 1 aromatic heterocycles. The van der Waals surface area contributed by atoms with Gasteiger partial charge in [-0.25, -0.2) is 4.79 Å². The lowest BCUT2D eigenvalue weighted by molar-refractivity contribution is -0.385. The third-order valence-electron chi connectivity index (χ3n) is 3.68. The molecule has 0 saturated carbocycles. The standard InChI is InChI=1S/C17H11N3O7S/c1-25-17(22)11-2-3-28-16(11)19-15(21)10(7-18)4-9-5-13-14(27-8-26-13)6-12(9)20(23)24/h2-6H,8H2,1H3,(H,19,21). The Labute approximate surface area is 161 Å². The van der Waals surface area contributed by atoms with Gasteiger partial charge >= 0.3 is 5.97 Å². The Balaban J connectivity index is 1.94. The summed E-state index contributed by atoms with van der Waals surface area (Å²) in [5.74, 6) is -1.01. The normalized spacial score (nSPS) is 12.2. The van der Waals surface area contributed by atoms with E-state index in [4.69, 9.17) is 9.47 Å². The Bertz CT molecular complexity index is 1050. The van der Waals surface area contributed by atoms with Crippen LogP contribution in [0.2, 0.25) is 0 Å². The van der Waals surface area contributed by atoms with Crippen molar-refractivity contribution in [2.45, 2.75) is 0 Å². The first-order valence-electron chi connectivity index (χ1n) is 7.61. The molecule has 3 rings (SSSR count). The molecule has 0 bridgehead atoms. The molecule has 28 heavy (non-hydrogen) atoms. The predicted octanol–water partition coefficient (Wildman–Crippen LogP) is 2.72. The number of anilines is 1. The highest BCUT2D eigenvalue weighted by Crippen LogP contribution is 2.38. The topological polar surface area (TPSA) is 141 Å². The molecule has 1 aromatic carbocycles. The number of thiophene rings is 1. The number of nitriles is 1. The Morgan fingerprint density at radius 3 is 2.75 bits per heavy atom. The van der Waals surface area contributed by atoms with E-state index < -0.39 is 22.4 Å². The maximum Gasteiger partial charge on any atom is 0.340 e. The Kier molecular flexibility index (Phi) is 5.23. The number of hydrogen-bond acceptors (Lipinski definition) is 9. The summed E-state index contributed by atoms with van der Waals surface area (Å²) in [5.41, 5.74) is -0.616. The molecule has 2 heterocycles. The number of carbonyl (C=O) groups excluding carboxylic acids is 2. The maximum atomic E-state index is 12.5. The zero-order valence-electron chi connectivity index (χ0n) is 14.3. The first-order chi connectivity index (χ1) is 13.4. The number of carbonyl (C=O) groups is 2. The molecule has 1 N–H and O–H groups in total. The van der Waals surface area contributed by atoms with Crippen molar-refractivity contribution < 1.29 is 28.7 Å². The van der Waals surface area contributed by atoms with E-state index in [9.17, 15) is 25.0 Å². The van der Waals surface area contributed by atoms with E-state index in [-0.39, 0.29) is 40.1 Å².